The Bertz CT molecular complexity index is 1130. The predicted octanol–water partition coefficient (Wildman–Crippen LogP) is 3.89. The smallest absolute Gasteiger partial charge is 0.243 e. The van der Waals surface area contributed by atoms with E-state index >= 15 is 0 Å². The van der Waals surface area contributed by atoms with Crippen LogP contribution in [0, 0.1) is 0 Å². The maximum Gasteiger partial charge on any atom is 0.243 e. The predicted molar refractivity (Wildman–Crippen MR) is 124 cm³/mol. The van der Waals surface area contributed by atoms with Gasteiger partial charge >= 0.3 is 0 Å². The molecule has 164 valence electrons. The number of rotatable bonds is 6. The first-order valence-corrected chi connectivity index (χ1v) is 12.8. The van der Waals surface area contributed by atoms with Crippen molar-refractivity contribution in [3.63, 3.8) is 0 Å². The van der Waals surface area contributed by atoms with Crippen LogP contribution in [0.1, 0.15) is 36.8 Å². The number of piperazine rings is 1. The van der Waals surface area contributed by atoms with Crippen molar-refractivity contribution in [3.05, 3.63) is 59.1 Å². The van der Waals surface area contributed by atoms with Gasteiger partial charge in [0.1, 0.15) is 0 Å². The molecule has 0 atom stereocenters. The molecule has 1 aliphatic heterocycles. The van der Waals surface area contributed by atoms with E-state index in [1.165, 1.54) is 4.31 Å². The minimum atomic E-state index is -3.54. The van der Waals surface area contributed by atoms with Gasteiger partial charge in [0.15, 0.2) is 0 Å². The molecule has 1 aromatic heterocycles. The third kappa shape index (κ3) is 4.81. The van der Waals surface area contributed by atoms with Crippen LogP contribution in [0.4, 0.5) is 0 Å². The number of thiazole rings is 1. The number of fused-ring (bicyclic) bond motifs is 1. The van der Waals surface area contributed by atoms with Crippen LogP contribution >= 0.6 is 11.3 Å². The SMILES string of the molecule is CC(C)c1ccc(S(=O)(=O)N2CCN(C(=O)CCc3nc4ccccc4s3)CC2)cc1. The van der Waals surface area contributed by atoms with E-state index in [-0.39, 0.29) is 5.91 Å². The van der Waals surface area contributed by atoms with Crippen molar-refractivity contribution in [2.75, 3.05) is 26.2 Å². The molecule has 0 unspecified atom stereocenters. The van der Waals surface area contributed by atoms with Crippen molar-refractivity contribution in [3.8, 4) is 0 Å². The summed E-state index contributed by atoms with van der Waals surface area (Å²) in [5, 5.41) is 0.959. The standard InChI is InChI=1S/C23H27N3O3S2/c1-17(2)18-7-9-19(10-8-18)31(28,29)26-15-13-25(14-16-26)23(27)12-11-22-24-20-5-3-4-6-21(20)30-22/h3-10,17H,11-16H2,1-2H3. The highest BCUT2D eigenvalue weighted by Crippen LogP contribution is 2.24. The molecule has 0 bridgehead atoms. The minimum absolute atomic E-state index is 0.0533. The molecule has 8 heteroatoms. The average molecular weight is 458 g/mol. The summed E-state index contributed by atoms with van der Waals surface area (Å²) in [5.74, 6) is 0.409. The molecule has 1 aliphatic rings. The van der Waals surface area contributed by atoms with Gasteiger partial charge in [0, 0.05) is 39.0 Å². The van der Waals surface area contributed by atoms with Crippen LogP contribution in [0.5, 0.6) is 0 Å². The first-order valence-electron chi connectivity index (χ1n) is 10.6. The van der Waals surface area contributed by atoms with Gasteiger partial charge in [-0.1, -0.05) is 38.1 Å². The van der Waals surface area contributed by atoms with Crippen molar-refractivity contribution in [1.29, 1.82) is 0 Å². The molecule has 3 aromatic rings. The van der Waals surface area contributed by atoms with Crippen molar-refractivity contribution in [2.45, 2.75) is 37.5 Å². The fourth-order valence-corrected chi connectivity index (χ4v) is 6.14. The summed E-state index contributed by atoms with van der Waals surface area (Å²) in [6, 6.07) is 15.1. The van der Waals surface area contributed by atoms with Crippen molar-refractivity contribution >= 4 is 37.5 Å². The Morgan fingerprint density at radius 3 is 2.35 bits per heavy atom. The van der Waals surface area contributed by atoms with Gasteiger partial charge in [-0.25, -0.2) is 13.4 Å². The number of carbonyl (C=O) groups is 1. The third-order valence-electron chi connectivity index (χ3n) is 5.67. The normalized spacial score (nSPS) is 15.6. The molecule has 0 spiro atoms. The number of aryl methyl sites for hydroxylation is 1. The van der Waals surface area contributed by atoms with E-state index < -0.39 is 10.0 Å². The average Bonchev–Trinajstić information content (AvgIpc) is 3.20. The fraction of sp³-hybridized carbons (Fsp3) is 0.391. The summed E-state index contributed by atoms with van der Waals surface area (Å²) in [5.41, 5.74) is 2.08. The maximum atomic E-state index is 13.0. The molecule has 2 heterocycles. The molecule has 2 aromatic carbocycles. The first kappa shape index (κ1) is 21.9. The van der Waals surface area contributed by atoms with E-state index in [1.807, 2.05) is 36.4 Å². The summed E-state index contributed by atoms with van der Waals surface area (Å²) in [4.78, 5) is 19.3. The highest BCUT2D eigenvalue weighted by molar-refractivity contribution is 7.89. The van der Waals surface area contributed by atoms with Gasteiger partial charge < -0.3 is 4.90 Å². The number of benzene rings is 2. The summed E-state index contributed by atoms with van der Waals surface area (Å²) in [7, 11) is -3.54. The van der Waals surface area contributed by atoms with Crippen molar-refractivity contribution in [1.82, 2.24) is 14.2 Å². The largest absolute Gasteiger partial charge is 0.340 e. The second-order valence-corrected chi connectivity index (χ2v) is 11.1. The lowest BCUT2D eigenvalue weighted by Crippen LogP contribution is -2.50. The Morgan fingerprint density at radius 1 is 1.03 bits per heavy atom. The van der Waals surface area contributed by atoms with Gasteiger partial charge in [-0.15, -0.1) is 11.3 Å². The molecule has 6 nitrogen and oxygen atoms in total. The summed E-state index contributed by atoms with van der Waals surface area (Å²) < 4.78 is 28.5. The third-order valence-corrected chi connectivity index (χ3v) is 8.68. The van der Waals surface area contributed by atoms with E-state index in [4.69, 9.17) is 0 Å². The number of hydrogen-bond acceptors (Lipinski definition) is 5. The number of hydrogen-bond donors (Lipinski definition) is 0. The van der Waals surface area contributed by atoms with Crippen LogP contribution in [-0.4, -0.2) is 54.7 Å². The Morgan fingerprint density at radius 2 is 1.71 bits per heavy atom. The van der Waals surface area contributed by atoms with Gasteiger partial charge in [0.25, 0.3) is 0 Å². The highest BCUT2D eigenvalue weighted by Gasteiger charge is 2.30. The zero-order chi connectivity index (χ0) is 22.0. The molecule has 0 aliphatic carbocycles. The van der Waals surface area contributed by atoms with Gasteiger partial charge in [0.2, 0.25) is 15.9 Å². The van der Waals surface area contributed by atoms with Gasteiger partial charge in [-0.05, 0) is 35.7 Å². The van der Waals surface area contributed by atoms with Crippen LogP contribution < -0.4 is 0 Å². The monoisotopic (exact) mass is 457 g/mol. The number of nitrogens with zero attached hydrogens (tertiary/aromatic N) is 3. The quantitative estimate of drug-likeness (QED) is 0.563. The van der Waals surface area contributed by atoms with Crippen molar-refractivity contribution in [2.24, 2.45) is 0 Å². The van der Waals surface area contributed by atoms with Gasteiger partial charge in [-0.3, -0.25) is 4.79 Å². The van der Waals surface area contributed by atoms with Crippen LogP contribution in [0.25, 0.3) is 10.2 Å². The van der Waals surface area contributed by atoms with E-state index in [2.05, 4.69) is 18.8 Å². The number of amides is 1. The first-order chi connectivity index (χ1) is 14.8. The topological polar surface area (TPSA) is 70.6 Å². The highest BCUT2D eigenvalue weighted by atomic mass is 32.2. The van der Waals surface area contributed by atoms with E-state index in [0.717, 1.165) is 20.8 Å². The molecule has 0 N–H and O–H groups in total. The van der Waals surface area contributed by atoms with E-state index in [9.17, 15) is 13.2 Å². The van der Waals surface area contributed by atoms with Gasteiger partial charge in [0.05, 0.1) is 20.1 Å². The van der Waals surface area contributed by atoms with Crippen molar-refractivity contribution < 1.29 is 13.2 Å². The van der Waals surface area contributed by atoms with Crippen LogP contribution in [-0.2, 0) is 21.2 Å². The Hall–Kier alpha value is -2.29. The van der Waals surface area contributed by atoms with E-state index in [0.29, 0.717) is 49.8 Å². The molecular weight excluding hydrogens is 430 g/mol. The molecule has 1 fully saturated rings. The lowest BCUT2D eigenvalue weighted by Gasteiger charge is -2.34. The van der Waals surface area contributed by atoms with Crippen LogP contribution in [0.3, 0.4) is 0 Å². The molecule has 1 amide bonds. The minimum Gasteiger partial charge on any atom is -0.340 e. The lowest BCUT2D eigenvalue weighted by atomic mass is 10.0. The number of para-hydroxylation sites is 1. The molecule has 4 rings (SSSR count). The second kappa shape index (κ2) is 9.06. The van der Waals surface area contributed by atoms with Crippen LogP contribution in [0.15, 0.2) is 53.4 Å². The number of sulfonamides is 1. The maximum absolute atomic E-state index is 13.0. The van der Waals surface area contributed by atoms with E-state index in [1.54, 1.807) is 28.4 Å². The molecule has 0 saturated carbocycles. The number of aromatic nitrogens is 1. The molecule has 31 heavy (non-hydrogen) atoms. The molecular formula is C23H27N3O3S2. The van der Waals surface area contributed by atoms with Crippen LogP contribution in [0.2, 0.25) is 0 Å². The molecule has 0 radical (unpaired) electrons. The zero-order valence-corrected chi connectivity index (χ0v) is 19.5. The fourth-order valence-electron chi connectivity index (χ4n) is 3.75. The Kier molecular flexibility index (Phi) is 6.41. The molecule has 1 saturated heterocycles. The summed E-state index contributed by atoms with van der Waals surface area (Å²) in [6.07, 6.45) is 1.00. The zero-order valence-electron chi connectivity index (χ0n) is 17.8. The Labute approximate surface area is 187 Å². The Balaban J connectivity index is 1.32. The lowest BCUT2D eigenvalue weighted by molar-refractivity contribution is -0.132. The van der Waals surface area contributed by atoms with Gasteiger partial charge in [-0.2, -0.15) is 4.31 Å². The summed E-state index contributed by atoms with van der Waals surface area (Å²) in [6.45, 7) is 5.64. The number of carbonyl (C=O) groups excluding carboxylic acids is 1. The summed E-state index contributed by atoms with van der Waals surface area (Å²) >= 11 is 1.62. The second-order valence-electron chi connectivity index (χ2n) is 8.08.